The van der Waals surface area contributed by atoms with Crippen LogP contribution in [0.5, 0.6) is 0 Å². The van der Waals surface area contributed by atoms with Crippen molar-refractivity contribution in [2.75, 3.05) is 0 Å². The molecule has 0 aromatic rings. The van der Waals surface area contributed by atoms with Crippen LogP contribution in [0.4, 0.5) is 0 Å². The van der Waals surface area contributed by atoms with Gasteiger partial charge in [0.05, 0.1) is 5.60 Å². The van der Waals surface area contributed by atoms with Gasteiger partial charge in [0.2, 0.25) is 0 Å². The quantitative estimate of drug-likeness (QED) is 0.579. The molecule has 0 aliphatic heterocycles. The monoisotopic (exact) mass is 152 g/mol. The Morgan fingerprint density at radius 3 is 1.36 bits per heavy atom. The molecule has 0 unspecified atom stereocenters. The van der Waals surface area contributed by atoms with Gasteiger partial charge < -0.3 is 5.11 Å². The van der Waals surface area contributed by atoms with Crippen LogP contribution in [0.1, 0.15) is 19.3 Å². The molecule has 0 aromatic carbocycles. The molecule has 1 N–H and O–H groups in total. The molecular formula is C10H16O. The fraction of sp³-hybridized carbons (Fsp3) is 0.400. The first kappa shape index (κ1) is 10.2. The standard InChI is InChI=1S/C10H16O/c1-4-7-10(11,8-5-2)9-6-3/h4-6,11H,1-3,7-9H2. The molecule has 0 aliphatic rings. The predicted molar refractivity (Wildman–Crippen MR) is 49.4 cm³/mol. The lowest BCUT2D eigenvalue weighted by molar-refractivity contribution is 0.0496. The summed E-state index contributed by atoms with van der Waals surface area (Å²) in [5.41, 5.74) is -0.703. The van der Waals surface area contributed by atoms with Crippen LogP contribution in [-0.4, -0.2) is 10.7 Å². The maximum atomic E-state index is 9.80. The fourth-order valence-corrected chi connectivity index (χ4v) is 1.06. The highest BCUT2D eigenvalue weighted by Crippen LogP contribution is 2.20. The van der Waals surface area contributed by atoms with E-state index in [0.29, 0.717) is 19.3 Å². The first-order valence-corrected chi connectivity index (χ1v) is 3.73. The summed E-state index contributed by atoms with van der Waals surface area (Å²) < 4.78 is 0. The Morgan fingerprint density at radius 2 is 1.18 bits per heavy atom. The molecule has 0 amide bonds. The van der Waals surface area contributed by atoms with Gasteiger partial charge in [-0.3, -0.25) is 0 Å². The number of hydrogen-bond donors (Lipinski definition) is 1. The van der Waals surface area contributed by atoms with Crippen molar-refractivity contribution >= 4 is 0 Å². The summed E-state index contributed by atoms with van der Waals surface area (Å²) >= 11 is 0. The fourth-order valence-electron chi connectivity index (χ4n) is 1.06. The van der Waals surface area contributed by atoms with Crippen LogP contribution in [0.2, 0.25) is 0 Å². The normalized spacial score (nSPS) is 10.6. The first-order valence-electron chi connectivity index (χ1n) is 3.73. The average molecular weight is 152 g/mol. The molecule has 1 heteroatoms. The van der Waals surface area contributed by atoms with E-state index in [4.69, 9.17) is 0 Å². The van der Waals surface area contributed by atoms with Gasteiger partial charge in [-0.1, -0.05) is 18.2 Å². The molecule has 0 atom stereocenters. The maximum Gasteiger partial charge on any atom is 0.0750 e. The van der Waals surface area contributed by atoms with E-state index in [1.54, 1.807) is 18.2 Å². The molecule has 0 rings (SSSR count). The van der Waals surface area contributed by atoms with Gasteiger partial charge in [-0.05, 0) is 19.3 Å². The Kier molecular flexibility index (Phi) is 4.55. The minimum atomic E-state index is -0.703. The van der Waals surface area contributed by atoms with Crippen molar-refractivity contribution in [3.05, 3.63) is 38.0 Å². The van der Waals surface area contributed by atoms with E-state index in [0.717, 1.165) is 0 Å². The van der Waals surface area contributed by atoms with Crippen molar-refractivity contribution in [1.29, 1.82) is 0 Å². The van der Waals surface area contributed by atoms with Crippen LogP contribution in [-0.2, 0) is 0 Å². The lowest BCUT2D eigenvalue weighted by atomic mass is 9.92. The van der Waals surface area contributed by atoms with E-state index in [1.807, 2.05) is 0 Å². The van der Waals surface area contributed by atoms with Crippen LogP contribution in [0.25, 0.3) is 0 Å². The molecule has 0 saturated carbocycles. The largest absolute Gasteiger partial charge is 0.389 e. The Labute approximate surface area is 68.7 Å². The number of hydrogen-bond acceptors (Lipinski definition) is 1. The summed E-state index contributed by atoms with van der Waals surface area (Å²) in [5.74, 6) is 0. The molecule has 0 bridgehead atoms. The zero-order valence-corrected chi connectivity index (χ0v) is 6.92. The molecule has 62 valence electrons. The van der Waals surface area contributed by atoms with Gasteiger partial charge >= 0.3 is 0 Å². The van der Waals surface area contributed by atoms with Gasteiger partial charge in [0.25, 0.3) is 0 Å². The molecule has 0 spiro atoms. The molecule has 0 aliphatic carbocycles. The van der Waals surface area contributed by atoms with Crippen molar-refractivity contribution < 1.29 is 5.11 Å². The van der Waals surface area contributed by atoms with E-state index in [1.165, 1.54) is 0 Å². The Bertz CT molecular complexity index is 120. The smallest absolute Gasteiger partial charge is 0.0750 e. The van der Waals surface area contributed by atoms with Gasteiger partial charge in [0, 0.05) is 0 Å². The zero-order valence-electron chi connectivity index (χ0n) is 6.92. The van der Waals surface area contributed by atoms with Gasteiger partial charge in [-0.15, -0.1) is 19.7 Å². The second-order valence-electron chi connectivity index (χ2n) is 2.70. The summed E-state index contributed by atoms with van der Waals surface area (Å²) in [6, 6.07) is 0. The van der Waals surface area contributed by atoms with Crippen molar-refractivity contribution in [1.82, 2.24) is 0 Å². The minimum Gasteiger partial charge on any atom is -0.389 e. The van der Waals surface area contributed by atoms with Crippen LogP contribution in [0.3, 0.4) is 0 Å². The molecule has 0 radical (unpaired) electrons. The molecule has 0 heterocycles. The molecular weight excluding hydrogens is 136 g/mol. The summed E-state index contributed by atoms with van der Waals surface area (Å²) in [4.78, 5) is 0. The minimum absolute atomic E-state index is 0.588. The van der Waals surface area contributed by atoms with E-state index < -0.39 is 5.60 Å². The first-order chi connectivity index (χ1) is 5.18. The Morgan fingerprint density at radius 1 is 0.909 bits per heavy atom. The van der Waals surface area contributed by atoms with Crippen LogP contribution >= 0.6 is 0 Å². The van der Waals surface area contributed by atoms with Gasteiger partial charge in [0.15, 0.2) is 0 Å². The molecule has 0 aromatic heterocycles. The second-order valence-corrected chi connectivity index (χ2v) is 2.70. The second kappa shape index (κ2) is 4.91. The predicted octanol–water partition coefficient (Wildman–Crippen LogP) is 2.45. The Hall–Kier alpha value is -0.820. The summed E-state index contributed by atoms with van der Waals surface area (Å²) in [7, 11) is 0. The van der Waals surface area contributed by atoms with E-state index in [-0.39, 0.29) is 0 Å². The van der Waals surface area contributed by atoms with Crippen molar-refractivity contribution in [2.24, 2.45) is 0 Å². The van der Waals surface area contributed by atoms with Crippen molar-refractivity contribution in [2.45, 2.75) is 24.9 Å². The van der Waals surface area contributed by atoms with Crippen molar-refractivity contribution in [3.8, 4) is 0 Å². The lowest BCUT2D eigenvalue weighted by Crippen LogP contribution is -2.25. The van der Waals surface area contributed by atoms with E-state index in [9.17, 15) is 5.11 Å². The summed E-state index contributed by atoms with van der Waals surface area (Å²) in [5, 5.41) is 9.80. The van der Waals surface area contributed by atoms with Gasteiger partial charge in [0.1, 0.15) is 0 Å². The highest BCUT2D eigenvalue weighted by atomic mass is 16.3. The Balaban J connectivity index is 4.09. The van der Waals surface area contributed by atoms with Gasteiger partial charge in [-0.2, -0.15) is 0 Å². The van der Waals surface area contributed by atoms with Crippen LogP contribution < -0.4 is 0 Å². The van der Waals surface area contributed by atoms with Gasteiger partial charge in [-0.25, -0.2) is 0 Å². The topological polar surface area (TPSA) is 20.2 Å². The number of aliphatic hydroxyl groups is 1. The van der Waals surface area contributed by atoms with Crippen LogP contribution in [0.15, 0.2) is 38.0 Å². The molecule has 0 saturated heterocycles. The highest BCUT2D eigenvalue weighted by molar-refractivity contribution is 4.95. The highest BCUT2D eigenvalue weighted by Gasteiger charge is 2.21. The number of rotatable bonds is 6. The molecule has 11 heavy (non-hydrogen) atoms. The lowest BCUT2D eigenvalue weighted by Gasteiger charge is -2.23. The molecule has 1 nitrogen and oxygen atoms in total. The zero-order chi connectivity index (χ0) is 8.74. The van der Waals surface area contributed by atoms with Crippen molar-refractivity contribution in [3.63, 3.8) is 0 Å². The summed E-state index contributed by atoms with van der Waals surface area (Å²) in [6.07, 6.45) is 6.91. The van der Waals surface area contributed by atoms with E-state index in [2.05, 4.69) is 19.7 Å². The third kappa shape index (κ3) is 3.79. The third-order valence-electron chi connectivity index (χ3n) is 1.57. The average Bonchev–Trinajstić information content (AvgIpc) is 1.88. The maximum absolute atomic E-state index is 9.80. The van der Waals surface area contributed by atoms with E-state index >= 15 is 0 Å². The molecule has 0 fully saturated rings. The van der Waals surface area contributed by atoms with Crippen LogP contribution in [0, 0.1) is 0 Å². The third-order valence-corrected chi connectivity index (χ3v) is 1.57. The SMILES string of the molecule is C=CCC(O)(CC=C)CC=C. The summed E-state index contributed by atoms with van der Waals surface area (Å²) in [6.45, 7) is 10.7.